The summed E-state index contributed by atoms with van der Waals surface area (Å²) in [5, 5.41) is 0. The Kier molecular flexibility index (Phi) is 5.42. The Hall–Kier alpha value is -3.32. The molecule has 27 heavy (non-hydrogen) atoms. The zero-order valence-electron chi connectivity index (χ0n) is 15.6. The molecule has 0 aliphatic carbocycles. The SMILES string of the molecule is CN=C(C=CN)c1cc(NOC)c2c(c1)n(Cc1ccccc1)c(=O)n2C. The van der Waals surface area contributed by atoms with E-state index in [0.717, 1.165) is 22.2 Å². The molecule has 0 atom stereocenters. The van der Waals surface area contributed by atoms with Crippen molar-refractivity contribution in [1.29, 1.82) is 0 Å². The fourth-order valence-electron chi connectivity index (χ4n) is 3.20. The Morgan fingerprint density at radius 1 is 1.30 bits per heavy atom. The van der Waals surface area contributed by atoms with Crippen LogP contribution in [0.1, 0.15) is 11.1 Å². The molecule has 7 nitrogen and oxygen atoms in total. The minimum absolute atomic E-state index is 0.102. The summed E-state index contributed by atoms with van der Waals surface area (Å²) >= 11 is 0. The van der Waals surface area contributed by atoms with Crippen LogP contribution in [0.3, 0.4) is 0 Å². The predicted octanol–water partition coefficient (Wildman–Crippen LogP) is 2.25. The summed E-state index contributed by atoms with van der Waals surface area (Å²) < 4.78 is 3.36. The van der Waals surface area contributed by atoms with Crippen LogP contribution in [0.4, 0.5) is 5.69 Å². The molecule has 0 amide bonds. The summed E-state index contributed by atoms with van der Waals surface area (Å²) in [5.74, 6) is 0. The van der Waals surface area contributed by atoms with Crippen molar-refractivity contribution in [3.05, 3.63) is 76.4 Å². The zero-order valence-corrected chi connectivity index (χ0v) is 15.6. The topological polar surface area (TPSA) is 86.6 Å². The molecule has 3 rings (SSSR count). The number of nitrogens with one attached hydrogen (secondary N) is 1. The van der Waals surface area contributed by atoms with Crippen LogP contribution in [-0.4, -0.2) is 29.0 Å². The number of aryl methyl sites for hydroxylation is 1. The Morgan fingerprint density at radius 2 is 2.04 bits per heavy atom. The first-order valence-corrected chi connectivity index (χ1v) is 8.52. The lowest BCUT2D eigenvalue weighted by Crippen LogP contribution is -2.22. The Balaban J connectivity index is 2.28. The third-order valence-electron chi connectivity index (χ3n) is 4.42. The monoisotopic (exact) mass is 365 g/mol. The van der Waals surface area contributed by atoms with Crippen LogP contribution in [0.15, 0.2) is 64.5 Å². The smallest absolute Gasteiger partial charge is 0.329 e. The largest absolute Gasteiger partial charge is 0.405 e. The molecule has 1 heterocycles. The fourth-order valence-corrected chi connectivity index (χ4v) is 3.20. The minimum atomic E-state index is -0.102. The third kappa shape index (κ3) is 3.50. The van der Waals surface area contributed by atoms with Gasteiger partial charge in [0, 0.05) is 19.7 Å². The number of aromatic nitrogens is 2. The van der Waals surface area contributed by atoms with E-state index in [1.54, 1.807) is 29.3 Å². The van der Waals surface area contributed by atoms with Gasteiger partial charge in [0.1, 0.15) is 0 Å². The van der Waals surface area contributed by atoms with Gasteiger partial charge in [0.25, 0.3) is 0 Å². The van der Waals surface area contributed by atoms with Gasteiger partial charge in [-0.1, -0.05) is 30.3 Å². The van der Waals surface area contributed by atoms with Crippen molar-refractivity contribution in [3.63, 3.8) is 0 Å². The lowest BCUT2D eigenvalue weighted by Gasteiger charge is -2.11. The van der Waals surface area contributed by atoms with Crippen molar-refractivity contribution in [1.82, 2.24) is 9.13 Å². The van der Waals surface area contributed by atoms with Crippen LogP contribution in [-0.2, 0) is 18.4 Å². The van der Waals surface area contributed by atoms with Gasteiger partial charge < -0.3 is 5.73 Å². The molecule has 140 valence electrons. The predicted molar refractivity (Wildman–Crippen MR) is 109 cm³/mol. The van der Waals surface area contributed by atoms with E-state index in [4.69, 9.17) is 10.6 Å². The van der Waals surface area contributed by atoms with Crippen molar-refractivity contribution in [2.24, 2.45) is 17.8 Å². The Bertz CT molecular complexity index is 1060. The van der Waals surface area contributed by atoms with E-state index in [9.17, 15) is 4.79 Å². The number of nitrogens with two attached hydrogens (primary N) is 1. The maximum absolute atomic E-state index is 12.9. The van der Waals surface area contributed by atoms with Crippen LogP contribution >= 0.6 is 0 Å². The molecule has 2 aromatic carbocycles. The number of nitrogens with zero attached hydrogens (tertiary/aromatic N) is 3. The van der Waals surface area contributed by atoms with Crippen LogP contribution in [0.25, 0.3) is 11.0 Å². The Morgan fingerprint density at radius 3 is 2.67 bits per heavy atom. The summed E-state index contributed by atoms with van der Waals surface area (Å²) in [6, 6.07) is 13.7. The number of hydrogen-bond donors (Lipinski definition) is 2. The number of fused-ring (bicyclic) bond motifs is 1. The molecule has 0 aliphatic rings. The standard InChI is InChI=1S/C20H23N5O2/c1-22-16(9-10-21)15-11-17(23-27-3)19-18(12-15)25(20(26)24(19)2)13-14-7-5-4-6-8-14/h4-12,23H,13,21H2,1-3H3. The molecule has 0 spiro atoms. The van der Waals surface area contributed by atoms with Crippen LogP contribution in [0, 0.1) is 0 Å². The van der Waals surface area contributed by atoms with E-state index in [2.05, 4.69) is 10.5 Å². The number of allylic oxidation sites excluding steroid dienone is 1. The highest BCUT2D eigenvalue weighted by atomic mass is 16.6. The highest BCUT2D eigenvalue weighted by Gasteiger charge is 2.17. The number of hydrogen-bond acceptors (Lipinski definition) is 5. The van der Waals surface area contributed by atoms with Crippen LogP contribution in [0.5, 0.6) is 0 Å². The molecular formula is C20H23N5O2. The van der Waals surface area contributed by atoms with E-state index in [1.165, 1.54) is 13.3 Å². The first kappa shape index (κ1) is 18.5. The molecular weight excluding hydrogens is 342 g/mol. The molecule has 0 saturated heterocycles. The van der Waals surface area contributed by atoms with Gasteiger partial charge in [-0.2, -0.15) is 0 Å². The summed E-state index contributed by atoms with van der Waals surface area (Å²) in [4.78, 5) is 22.3. The number of imidazole rings is 1. The normalized spacial score (nSPS) is 12.2. The highest BCUT2D eigenvalue weighted by molar-refractivity contribution is 6.11. The van der Waals surface area contributed by atoms with E-state index in [-0.39, 0.29) is 5.69 Å². The van der Waals surface area contributed by atoms with Gasteiger partial charge in [-0.15, -0.1) is 0 Å². The van der Waals surface area contributed by atoms with Gasteiger partial charge in [-0.05, 0) is 30.0 Å². The summed E-state index contributed by atoms with van der Waals surface area (Å²) in [6.07, 6.45) is 3.17. The minimum Gasteiger partial charge on any atom is -0.405 e. The average molecular weight is 365 g/mol. The maximum atomic E-state index is 12.9. The molecule has 0 radical (unpaired) electrons. The molecule has 1 aromatic heterocycles. The van der Waals surface area contributed by atoms with Gasteiger partial charge in [0.15, 0.2) is 0 Å². The van der Waals surface area contributed by atoms with Crippen molar-refractivity contribution in [3.8, 4) is 0 Å². The van der Waals surface area contributed by atoms with Crippen molar-refractivity contribution in [2.75, 3.05) is 19.6 Å². The maximum Gasteiger partial charge on any atom is 0.329 e. The number of aliphatic imine (C=N–C) groups is 1. The second kappa shape index (κ2) is 7.92. The molecule has 0 saturated carbocycles. The van der Waals surface area contributed by atoms with Gasteiger partial charge >= 0.3 is 5.69 Å². The Labute approximate surface area is 157 Å². The highest BCUT2D eigenvalue weighted by Crippen LogP contribution is 2.26. The van der Waals surface area contributed by atoms with E-state index in [1.807, 2.05) is 42.5 Å². The van der Waals surface area contributed by atoms with E-state index in [0.29, 0.717) is 17.9 Å². The summed E-state index contributed by atoms with van der Waals surface area (Å²) in [5.41, 5.74) is 13.1. The van der Waals surface area contributed by atoms with Gasteiger partial charge in [0.2, 0.25) is 0 Å². The van der Waals surface area contributed by atoms with Gasteiger partial charge in [0.05, 0.1) is 36.1 Å². The number of rotatable bonds is 6. The first-order chi connectivity index (χ1) is 13.1. The fraction of sp³-hybridized carbons (Fsp3) is 0.200. The molecule has 0 bridgehead atoms. The van der Waals surface area contributed by atoms with Crippen molar-refractivity contribution >= 4 is 22.4 Å². The molecule has 7 heteroatoms. The summed E-state index contributed by atoms with van der Waals surface area (Å²) in [7, 11) is 4.98. The second-order valence-electron chi connectivity index (χ2n) is 6.08. The van der Waals surface area contributed by atoms with Crippen molar-refractivity contribution < 1.29 is 4.84 Å². The lowest BCUT2D eigenvalue weighted by molar-refractivity contribution is 0.271. The van der Waals surface area contributed by atoms with Crippen LogP contribution < -0.4 is 16.9 Å². The number of anilines is 1. The van der Waals surface area contributed by atoms with Gasteiger partial charge in [-0.3, -0.25) is 24.4 Å². The quantitative estimate of drug-likeness (QED) is 0.518. The van der Waals surface area contributed by atoms with E-state index < -0.39 is 0 Å². The van der Waals surface area contributed by atoms with E-state index >= 15 is 0 Å². The summed E-state index contributed by atoms with van der Waals surface area (Å²) in [6.45, 7) is 0.470. The molecule has 3 N–H and O–H groups in total. The molecule has 0 fully saturated rings. The molecule has 0 unspecified atom stereocenters. The van der Waals surface area contributed by atoms with Crippen LogP contribution in [0.2, 0.25) is 0 Å². The molecule has 3 aromatic rings. The lowest BCUT2D eigenvalue weighted by atomic mass is 10.1. The van der Waals surface area contributed by atoms with Crippen molar-refractivity contribution in [2.45, 2.75) is 6.54 Å². The first-order valence-electron chi connectivity index (χ1n) is 8.52. The zero-order chi connectivity index (χ0) is 19.4. The molecule has 0 aliphatic heterocycles. The third-order valence-corrected chi connectivity index (χ3v) is 4.42. The van der Waals surface area contributed by atoms with Gasteiger partial charge in [-0.25, -0.2) is 4.79 Å². The second-order valence-corrected chi connectivity index (χ2v) is 6.08. The average Bonchev–Trinajstić information content (AvgIpc) is 2.92. The number of benzene rings is 2.